The Bertz CT molecular complexity index is 755. The molecule has 0 spiro atoms. The third-order valence-electron chi connectivity index (χ3n) is 3.87. The second-order valence-corrected chi connectivity index (χ2v) is 5.35. The minimum Gasteiger partial charge on any atom is -0.497 e. The second kappa shape index (κ2) is 5.68. The number of hydrogen-bond acceptors (Lipinski definition) is 3. The number of benzene rings is 2. The molecule has 0 radical (unpaired) electrons. The lowest BCUT2D eigenvalue weighted by atomic mass is 10.0. The first-order valence-corrected chi connectivity index (χ1v) is 7.34. The van der Waals surface area contributed by atoms with Gasteiger partial charge in [-0.05, 0) is 42.2 Å². The number of allylic oxidation sites excluding steroid dienone is 1. The summed E-state index contributed by atoms with van der Waals surface area (Å²) in [4.78, 5) is 12.5. The molecule has 22 heavy (non-hydrogen) atoms. The predicted molar refractivity (Wildman–Crippen MR) is 86.5 cm³/mol. The summed E-state index contributed by atoms with van der Waals surface area (Å²) >= 11 is 0. The molecule has 0 N–H and O–H groups in total. The summed E-state index contributed by atoms with van der Waals surface area (Å²) in [5.41, 5.74) is 3.71. The molecular formula is C19H18O3. The molecule has 0 bridgehead atoms. The van der Waals surface area contributed by atoms with Crippen molar-refractivity contribution in [3.8, 4) is 11.5 Å². The summed E-state index contributed by atoms with van der Waals surface area (Å²) in [5, 5.41) is 0. The van der Waals surface area contributed by atoms with Gasteiger partial charge in [-0.2, -0.15) is 0 Å². The van der Waals surface area contributed by atoms with Gasteiger partial charge in [-0.25, -0.2) is 0 Å². The van der Waals surface area contributed by atoms with Crippen LogP contribution in [0.4, 0.5) is 0 Å². The smallest absolute Gasteiger partial charge is 0.232 e. The van der Waals surface area contributed by atoms with E-state index in [-0.39, 0.29) is 5.78 Å². The number of aryl methyl sites for hydroxylation is 2. The molecule has 0 unspecified atom stereocenters. The van der Waals surface area contributed by atoms with E-state index in [0.717, 1.165) is 17.5 Å². The molecule has 3 rings (SSSR count). The highest BCUT2D eigenvalue weighted by molar-refractivity contribution is 6.15. The Balaban J connectivity index is 1.95. The van der Waals surface area contributed by atoms with Crippen molar-refractivity contribution in [3.63, 3.8) is 0 Å². The lowest BCUT2D eigenvalue weighted by Gasteiger charge is -2.04. The van der Waals surface area contributed by atoms with Crippen LogP contribution in [0.1, 0.15) is 34.0 Å². The zero-order valence-electron chi connectivity index (χ0n) is 13.0. The van der Waals surface area contributed by atoms with Crippen molar-refractivity contribution in [2.24, 2.45) is 0 Å². The van der Waals surface area contributed by atoms with E-state index in [1.165, 1.54) is 5.56 Å². The molecule has 112 valence electrons. The van der Waals surface area contributed by atoms with Crippen molar-refractivity contribution in [2.45, 2.75) is 20.3 Å². The Morgan fingerprint density at radius 1 is 1.18 bits per heavy atom. The van der Waals surface area contributed by atoms with Gasteiger partial charge in [-0.3, -0.25) is 4.79 Å². The van der Waals surface area contributed by atoms with Crippen LogP contribution in [0.3, 0.4) is 0 Å². The molecule has 1 aliphatic rings. The third-order valence-corrected chi connectivity index (χ3v) is 3.87. The molecule has 0 fully saturated rings. The van der Waals surface area contributed by atoms with Gasteiger partial charge in [0.15, 0.2) is 5.76 Å². The monoisotopic (exact) mass is 294 g/mol. The second-order valence-electron chi connectivity index (χ2n) is 5.35. The number of ketones is 1. The van der Waals surface area contributed by atoms with Crippen LogP contribution < -0.4 is 9.47 Å². The molecule has 0 saturated heterocycles. The fourth-order valence-electron chi connectivity index (χ4n) is 2.60. The standard InChI is InChI=1S/C19H18O3/c1-4-13-5-7-14(8-6-13)10-17-19(20)18-12(2)9-15(21-3)11-16(18)22-17/h5-11H,4H2,1-3H3/b17-10-. The van der Waals surface area contributed by atoms with Crippen molar-refractivity contribution in [3.05, 3.63) is 64.4 Å². The quantitative estimate of drug-likeness (QED) is 0.797. The van der Waals surface area contributed by atoms with Gasteiger partial charge in [-0.1, -0.05) is 31.2 Å². The molecule has 2 aromatic carbocycles. The molecule has 0 atom stereocenters. The first-order chi connectivity index (χ1) is 10.6. The lowest BCUT2D eigenvalue weighted by Crippen LogP contribution is -1.99. The molecule has 3 nitrogen and oxygen atoms in total. The van der Waals surface area contributed by atoms with Crippen molar-refractivity contribution in [1.82, 2.24) is 0 Å². The number of Topliss-reactive ketones (excluding diaryl/α,β-unsaturated/α-hetero) is 1. The normalized spacial score (nSPS) is 14.9. The van der Waals surface area contributed by atoms with Gasteiger partial charge < -0.3 is 9.47 Å². The van der Waals surface area contributed by atoms with Crippen LogP contribution in [0.2, 0.25) is 0 Å². The van der Waals surface area contributed by atoms with Gasteiger partial charge >= 0.3 is 0 Å². The molecule has 2 aromatic rings. The zero-order chi connectivity index (χ0) is 15.7. The Labute approximate surface area is 130 Å². The van der Waals surface area contributed by atoms with Crippen LogP contribution in [-0.4, -0.2) is 12.9 Å². The van der Waals surface area contributed by atoms with Crippen LogP contribution in [-0.2, 0) is 6.42 Å². The predicted octanol–water partition coefficient (Wildman–Crippen LogP) is 4.18. The Morgan fingerprint density at radius 2 is 1.91 bits per heavy atom. The maximum atomic E-state index is 12.5. The Hall–Kier alpha value is -2.55. The molecular weight excluding hydrogens is 276 g/mol. The highest BCUT2D eigenvalue weighted by atomic mass is 16.5. The number of rotatable bonds is 3. The highest BCUT2D eigenvalue weighted by Gasteiger charge is 2.29. The molecule has 0 amide bonds. The van der Waals surface area contributed by atoms with Gasteiger partial charge in [0.2, 0.25) is 5.78 Å². The average molecular weight is 294 g/mol. The van der Waals surface area contributed by atoms with Gasteiger partial charge in [0.05, 0.1) is 12.7 Å². The maximum Gasteiger partial charge on any atom is 0.232 e. The number of hydrogen-bond donors (Lipinski definition) is 0. The van der Waals surface area contributed by atoms with Crippen LogP contribution in [0, 0.1) is 6.92 Å². The van der Waals surface area contributed by atoms with Crippen LogP contribution in [0.25, 0.3) is 6.08 Å². The fraction of sp³-hybridized carbons (Fsp3) is 0.211. The van der Waals surface area contributed by atoms with E-state index in [2.05, 4.69) is 19.1 Å². The first kappa shape index (κ1) is 14.4. The molecule has 1 heterocycles. The summed E-state index contributed by atoms with van der Waals surface area (Å²) in [6.45, 7) is 4.01. The Kier molecular flexibility index (Phi) is 3.72. The summed E-state index contributed by atoms with van der Waals surface area (Å²) in [5.74, 6) is 1.54. The van der Waals surface area contributed by atoms with E-state index in [4.69, 9.17) is 9.47 Å². The van der Waals surface area contributed by atoms with E-state index < -0.39 is 0 Å². The summed E-state index contributed by atoms with van der Waals surface area (Å²) in [6, 6.07) is 11.7. The van der Waals surface area contributed by atoms with Gasteiger partial charge in [0, 0.05) is 6.07 Å². The van der Waals surface area contributed by atoms with Gasteiger partial charge in [0.1, 0.15) is 11.5 Å². The zero-order valence-corrected chi connectivity index (χ0v) is 13.0. The van der Waals surface area contributed by atoms with Crippen molar-refractivity contribution in [1.29, 1.82) is 0 Å². The number of ether oxygens (including phenoxy) is 2. The van der Waals surface area contributed by atoms with E-state index in [0.29, 0.717) is 22.8 Å². The maximum absolute atomic E-state index is 12.5. The van der Waals surface area contributed by atoms with Crippen molar-refractivity contribution < 1.29 is 14.3 Å². The van der Waals surface area contributed by atoms with E-state index in [1.807, 2.05) is 25.1 Å². The largest absolute Gasteiger partial charge is 0.497 e. The van der Waals surface area contributed by atoms with Crippen LogP contribution in [0.5, 0.6) is 11.5 Å². The highest BCUT2D eigenvalue weighted by Crippen LogP contribution is 2.37. The SMILES string of the molecule is CCc1ccc(/C=C2\Oc3cc(OC)cc(C)c3C2=O)cc1. The van der Waals surface area contributed by atoms with Gasteiger partial charge in [-0.15, -0.1) is 0 Å². The van der Waals surface area contributed by atoms with E-state index in [9.17, 15) is 4.79 Å². The van der Waals surface area contributed by atoms with Crippen LogP contribution in [0.15, 0.2) is 42.2 Å². The first-order valence-electron chi connectivity index (χ1n) is 7.34. The lowest BCUT2D eigenvalue weighted by molar-refractivity contribution is 0.101. The minimum absolute atomic E-state index is 0.0743. The molecule has 0 saturated carbocycles. The summed E-state index contributed by atoms with van der Waals surface area (Å²) in [7, 11) is 1.60. The molecule has 1 aliphatic heterocycles. The number of carbonyl (C=O) groups is 1. The molecule has 0 aliphatic carbocycles. The number of fused-ring (bicyclic) bond motifs is 1. The van der Waals surface area contributed by atoms with E-state index in [1.54, 1.807) is 19.3 Å². The van der Waals surface area contributed by atoms with Crippen molar-refractivity contribution >= 4 is 11.9 Å². The minimum atomic E-state index is -0.0743. The molecule has 0 aromatic heterocycles. The number of methoxy groups -OCH3 is 1. The fourth-order valence-corrected chi connectivity index (χ4v) is 2.60. The molecule has 3 heteroatoms. The topological polar surface area (TPSA) is 35.5 Å². The summed E-state index contributed by atoms with van der Waals surface area (Å²) in [6.07, 6.45) is 2.78. The average Bonchev–Trinajstić information content (AvgIpc) is 2.84. The third kappa shape index (κ3) is 2.50. The Morgan fingerprint density at radius 3 is 2.55 bits per heavy atom. The van der Waals surface area contributed by atoms with Crippen molar-refractivity contribution in [2.75, 3.05) is 7.11 Å². The van der Waals surface area contributed by atoms with E-state index >= 15 is 0 Å². The van der Waals surface area contributed by atoms with Crippen LogP contribution >= 0.6 is 0 Å². The van der Waals surface area contributed by atoms with Gasteiger partial charge in [0.25, 0.3) is 0 Å². The summed E-state index contributed by atoms with van der Waals surface area (Å²) < 4.78 is 11.0. The number of carbonyl (C=O) groups excluding carboxylic acids is 1.